The molecule has 0 saturated carbocycles. The summed E-state index contributed by atoms with van der Waals surface area (Å²) in [7, 11) is 0. The summed E-state index contributed by atoms with van der Waals surface area (Å²) in [6, 6.07) is 6.01. The SMILES string of the molecule is Nc1ncnc2c1ncn2CC[n+]1ccccc1. The first-order chi connectivity index (χ1) is 8.84. The molecule has 3 aromatic heterocycles. The van der Waals surface area contributed by atoms with Crippen molar-refractivity contribution in [3.8, 4) is 0 Å². The van der Waals surface area contributed by atoms with Crippen LogP contribution in [0.5, 0.6) is 0 Å². The number of nitrogens with zero attached hydrogens (tertiary/aromatic N) is 5. The number of hydrogen-bond donors (Lipinski definition) is 1. The number of anilines is 1. The van der Waals surface area contributed by atoms with Gasteiger partial charge in [-0.3, -0.25) is 0 Å². The molecule has 3 rings (SSSR count). The Balaban J connectivity index is 1.85. The number of rotatable bonds is 3. The van der Waals surface area contributed by atoms with Crippen LogP contribution in [0.15, 0.2) is 43.2 Å². The minimum absolute atomic E-state index is 0.422. The summed E-state index contributed by atoms with van der Waals surface area (Å²) in [5, 5.41) is 0. The molecule has 6 heteroatoms. The lowest BCUT2D eigenvalue weighted by molar-refractivity contribution is -0.698. The maximum atomic E-state index is 5.74. The van der Waals surface area contributed by atoms with Crippen molar-refractivity contribution in [1.29, 1.82) is 0 Å². The third kappa shape index (κ3) is 1.88. The smallest absolute Gasteiger partial charge is 0.168 e. The first kappa shape index (κ1) is 10.6. The highest BCUT2D eigenvalue weighted by molar-refractivity contribution is 5.80. The number of aromatic nitrogens is 5. The van der Waals surface area contributed by atoms with Gasteiger partial charge in [-0.2, -0.15) is 0 Å². The highest BCUT2D eigenvalue weighted by Gasteiger charge is 2.08. The summed E-state index contributed by atoms with van der Waals surface area (Å²) in [6.45, 7) is 1.65. The molecule has 3 heterocycles. The molecule has 0 saturated heterocycles. The van der Waals surface area contributed by atoms with E-state index in [2.05, 4.69) is 19.5 Å². The number of nitrogens with two attached hydrogens (primary N) is 1. The molecule has 3 aromatic rings. The highest BCUT2D eigenvalue weighted by atomic mass is 15.1. The van der Waals surface area contributed by atoms with Gasteiger partial charge in [-0.05, 0) is 0 Å². The Morgan fingerprint density at radius 2 is 1.94 bits per heavy atom. The van der Waals surface area contributed by atoms with Gasteiger partial charge in [-0.1, -0.05) is 6.07 Å². The quantitative estimate of drug-likeness (QED) is 0.673. The fourth-order valence-electron chi connectivity index (χ4n) is 1.87. The first-order valence-corrected chi connectivity index (χ1v) is 5.70. The zero-order valence-corrected chi connectivity index (χ0v) is 9.77. The van der Waals surface area contributed by atoms with Gasteiger partial charge in [0, 0.05) is 12.1 Å². The van der Waals surface area contributed by atoms with E-state index in [0.717, 1.165) is 18.7 Å². The number of aryl methyl sites for hydroxylation is 2. The number of fused-ring (bicyclic) bond motifs is 1. The van der Waals surface area contributed by atoms with Crippen molar-refractivity contribution in [2.24, 2.45) is 0 Å². The predicted molar refractivity (Wildman–Crippen MR) is 66.4 cm³/mol. The van der Waals surface area contributed by atoms with E-state index < -0.39 is 0 Å². The van der Waals surface area contributed by atoms with Crippen LogP contribution in [-0.2, 0) is 13.1 Å². The van der Waals surface area contributed by atoms with Crippen molar-refractivity contribution < 1.29 is 4.57 Å². The second-order valence-corrected chi connectivity index (χ2v) is 3.98. The molecule has 18 heavy (non-hydrogen) atoms. The summed E-state index contributed by atoms with van der Waals surface area (Å²) in [4.78, 5) is 12.4. The Kier molecular flexibility index (Phi) is 2.60. The number of nitrogen functional groups attached to an aromatic ring is 1. The molecule has 0 aromatic carbocycles. The lowest BCUT2D eigenvalue weighted by Crippen LogP contribution is -2.34. The molecule has 0 aliphatic rings. The molecule has 0 aliphatic heterocycles. The fourth-order valence-corrected chi connectivity index (χ4v) is 1.87. The Morgan fingerprint density at radius 3 is 2.78 bits per heavy atom. The second-order valence-electron chi connectivity index (χ2n) is 3.98. The molecule has 0 spiro atoms. The molecular formula is C12H13N6+. The minimum Gasteiger partial charge on any atom is -0.382 e. The van der Waals surface area contributed by atoms with E-state index in [1.54, 1.807) is 6.33 Å². The van der Waals surface area contributed by atoms with Crippen LogP contribution in [0.1, 0.15) is 0 Å². The second kappa shape index (κ2) is 4.40. The van der Waals surface area contributed by atoms with E-state index in [-0.39, 0.29) is 0 Å². The monoisotopic (exact) mass is 241 g/mol. The molecule has 6 nitrogen and oxygen atoms in total. The molecular weight excluding hydrogens is 228 g/mol. The lowest BCUT2D eigenvalue weighted by atomic mass is 10.4. The number of pyridine rings is 1. The van der Waals surface area contributed by atoms with Crippen molar-refractivity contribution in [3.63, 3.8) is 0 Å². The van der Waals surface area contributed by atoms with Gasteiger partial charge in [0.25, 0.3) is 0 Å². The van der Waals surface area contributed by atoms with Crippen LogP contribution >= 0.6 is 0 Å². The van der Waals surface area contributed by atoms with Gasteiger partial charge in [0.2, 0.25) is 0 Å². The van der Waals surface area contributed by atoms with Gasteiger partial charge < -0.3 is 10.3 Å². The summed E-state index contributed by atoms with van der Waals surface area (Å²) >= 11 is 0. The van der Waals surface area contributed by atoms with Gasteiger partial charge in [0.1, 0.15) is 11.8 Å². The highest BCUT2D eigenvalue weighted by Crippen LogP contribution is 2.13. The number of hydrogen-bond acceptors (Lipinski definition) is 4. The van der Waals surface area contributed by atoms with Crippen LogP contribution in [0.3, 0.4) is 0 Å². The van der Waals surface area contributed by atoms with E-state index >= 15 is 0 Å². The Labute approximate surface area is 104 Å². The fraction of sp³-hybridized carbons (Fsp3) is 0.167. The molecule has 0 radical (unpaired) electrons. The normalized spacial score (nSPS) is 10.9. The zero-order chi connectivity index (χ0) is 12.4. The molecule has 0 bridgehead atoms. The average molecular weight is 241 g/mol. The van der Waals surface area contributed by atoms with Crippen molar-refractivity contribution >= 4 is 17.0 Å². The third-order valence-corrected chi connectivity index (χ3v) is 2.81. The predicted octanol–water partition coefficient (Wildman–Crippen LogP) is 0.396. The Bertz CT molecular complexity index is 661. The van der Waals surface area contributed by atoms with Crippen molar-refractivity contribution in [2.75, 3.05) is 5.73 Å². The van der Waals surface area contributed by atoms with Crippen molar-refractivity contribution in [3.05, 3.63) is 43.2 Å². The first-order valence-electron chi connectivity index (χ1n) is 5.70. The lowest BCUT2D eigenvalue weighted by Gasteiger charge is -2.00. The summed E-state index contributed by atoms with van der Waals surface area (Å²) in [6.07, 6.45) is 7.27. The molecule has 0 aliphatic carbocycles. The molecule has 0 amide bonds. The van der Waals surface area contributed by atoms with Crippen LogP contribution in [-0.4, -0.2) is 19.5 Å². The molecule has 0 unspecified atom stereocenters. The van der Waals surface area contributed by atoms with Crippen LogP contribution in [0, 0.1) is 0 Å². The standard InChI is InChI=1S/C12H13N6/c13-11-10-12(15-8-14-11)18(9-16-10)7-6-17-4-2-1-3-5-17/h1-5,8-9H,6-7H2,(H2,13,14,15)/q+1. The van der Waals surface area contributed by atoms with Crippen LogP contribution in [0.25, 0.3) is 11.2 Å². The Hall–Kier alpha value is -2.50. The van der Waals surface area contributed by atoms with Gasteiger partial charge in [-0.15, -0.1) is 0 Å². The molecule has 2 N–H and O–H groups in total. The van der Waals surface area contributed by atoms with E-state index in [1.807, 2.05) is 35.2 Å². The third-order valence-electron chi connectivity index (χ3n) is 2.81. The summed E-state index contributed by atoms with van der Waals surface area (Å²) < 4.78 is 4.09. The summed E-state index contributed by atoms with van der Waals surface area (Å²) in [5.74, 6) is 0.422. The molecule has 0 atom stereocenters. The van der Waals surface area contributed by atoms with Crippen LogP contribution in [0.2, 0.25) is 0 Å². The van der Waals surface area contributed by atoms with Gasteiger partial charge in [0.05, 0.1) is 12.9 Å². The average Bonchev–Trinajstić information content (AvgIpc) is 2.82. The Morgan fingerprint density at radius 1 is 1.11 bits per heavy atom. The molecule has 90 valence electrons. The van der Waals surface area contributed by atoms with E-state index in [9.17, 15) is 0 Å². The topological polar surface area (TPSA) is 73.5 Å². The van der Waals surface area contributed by atoms with Crippen molar-refractivity contribution in [2.45, 2.75) is 13.1 Å². The van der Waals surface area contributed by atoms with Crippen LogP contribution in [0.4, 0.5) is 5.82 Å². The maximum Gasteiger partial charge on any atom is 0.168 e. The van der Waals surface area contributed by atoms with Gasteiger partial charge >= 0.3 is 0 Å². The van der Waals surface area contributed by atoms with Gasteiger partial charge in [-0.25, -0.2) is 19.5 Å². The van der Waals surface area contributed by atoms with E-state index in [1.165, 1.54) is 6.33 Å². The van der Waals surface area contributed by atoms with E-state index in [0.29, 0.717) is 11.3 Å². The maximum absolute atomic E-state index is 5.74. The minimum atomic E-state index is 0.422. The van der Waals surface area contributed by atoms with Crippen LogP contribution < -0.4 is 10.3 Å². The van der Waals surface area contributed by atoms with Crippen molar-refractivity contribution in [1.82, 2.24) is 19.5 Å². The zero-order valence-electron chi connectivity index (χ0n) is 9.77. The largest absolute Gasteiger partial charge is 0.382 e. The number of imidazole rings is 1. The van der Waals surface area contributed by atoms with Gasteiger partial charge in [0.15, 0.2) is 30.4 Å². The molecule has 0 fully saturated rings. The van der Waals surface area contributed by atoms with E-state index in [4.69, 9.17) is 5.73 Å². The summed E-state index contributed by atoms with van der Waals surface area (Å²) in [5.41, 5.74) is 7.18.